The van der Waals surface area contributed by atoms with Crippen molar-refractivity contribution in [3.63, 3.8) is 0 Å². The fraction of sp³-hybridized carbons (Fsp3) is 0.542. The van der Waals surface area contributed by atoms with Crippen LogP contribution in [0.15, 0.2) is 30.3 Å². The predicted molar refractivity (Wildman–Crippen MR) is 128 cm³/mol. The average Bonchev–Trinajstić information content (AvgIpc) is 2.77. The highest BCUT2D eigenvalue weighted by atomic mass is 16.2. The molecule has 1 aromatic carbocycles. The molecule has 1 aromatic rings. The van der Waals surface area contributed by atoms with Crippen LogP contribution >= 0.6 is 0 Å². The molecule has 0 saturated heterocycles. The maximum absolute atomic E-state index is 12.8. The monoisotopic (exact) mass is 475 g/mol. The summed E-state index contributed by atoms with van der Waals surface area (Å²) in [6.45, 7) is 8.26. The van der Waals surface area contributed by atoms with Crippen LogP contribution in [0, 0.1) is 5.92 Å². The number of nitrogens with one attached hydrogen (secondary N) is 4. The molecule has 0 unspecified atom stereocenters. The van der Waals surface area contributed by atoms with Gasteiger partial charge in [0, 0.05) is 0 Å². The molecule has 0 aliphatic rings. The Morgan fingerprint density at radius 1 is 0.794 bits per heavy atom. The molecule has 0 bridgehead atoms. The zero-order valence-corrected chi connectivity index (χ0v) is 20.5. The summed E-state index contributed by atoms with van der Waals surface area (Å²) in [5.41, 5.74) is 6.39. The summed E-state index contributed by atoms with van der Waals surface area (Å²) in [5, 5.41) is 10.3. The van der Waals surface area contributed by atoms with Gasteiger partial charge in [-0.15, -0.1) is 0 Å². The molecule has 0 aliphatic heterocycles. The van der Waals surface area contributed by atoms with E-state index in [4.69, 9.17) is 5.73 Å². The molecule has 0 aliphatic carbocycles. The first kappa shape index (κ1) is 28.8. The standard InChI is InChI=1S/C24H37N5O5/c1-14(2)11-20(29-23(33)17(5)26-21(31)15(3)25)24(34)27-16(4)22(32)28-19(13-30)12-18-9-7-6-8-10-18/h6-10,13-17,19-20H,11-12,25H2,1-5H3,(H,26,31)(H,27,34)(H,28,32)(H,29,33)/t15-,16-,17-,19-,20-/m0/s1. The lowest BCUT2D eigenvalue weighted by molar-refractivity contribution is -0.134. The lowest BCUT2D eigenvalue weighted by Crippen LogP contribution is -2.57. The second-order valence-corrected chi connectivity index (χ2v) is 8.88. The smallest absolute Gasteiger partial charge is 0.243 e. The van der Waals surface area contributed by atoms with Gasteiger partial charge in [0.15, 0.2) is 0 Å². The summed E-state index contributed by atoms with van der Waals surface area (Å²) in [6.07, 6.45) is 1.30. The molecular formula is C24H37N5O5. The second-order valence-electron chi connectivity index (χ2n) is 8.88. The van der Waals surface area contributed by atoms with E-state index in [2.05, 4.69) is 21.3 Å². The topological polar surface area (TPSA) is 159 Å². The normalized spacial score (nSPS) is 15.3. The molecule has 0 spiro atoms. The molecule has 0 aromatic heterocycles. The number of carbonyl (C=O) groups excluding carboxylic acids is 5. The van der Waals surface area contributed by atoms with E-state index in [0.29, 0.717) is 19.1 Å². The van der Waals surface area contributed by atoms with Crippen LogP contribution in [0.25, 0.3) is 0 Å². The van der Waals surface area contributed by atoms with Crippen LogP contribution < -0.4 is 27.0 Å². The van der Waals surface area contributed by atoms with Gasteiger partial charge in [0.2, 0.25) is 23.6 Å². The average molecular weight is 476 g/mol. The maximum Gasteiger partial charge on any atom is 0.243 e. The van der Waals surface area contributed by atoms with Gasteiger partial charge in [0.1, 0.15) is 24.4 Å². The van der Waals surface area contributed by atoms with Crippen molar-refractivity contribution < 1.29 is 24.0 Å². The van der Waals surface area contributed by atoms with Crippen molar-refractivity contribution in [1.82, 2.24) is 21.3 Å². The Bertz CT molecular complexity index is 843. The van der Waals surface area contributed by atoms with Crippen molar-refractivity contribution >= 4 is 29.9 Å². The molecule has 5 atom stereocenters. The number of benzene rings is 1. The zero-order chi connectivity index (χ0) is 25.8. The summed E-state index contributed by atoms with van der Waals surface area (Å²) in [5.74, 6) is -2.03. The maximum atomic E-state index is 12.8. The van der Waals surface area contributed by atoms with Crippen LogP contribution in [-0.4, -0.2) is 60.1 Å². The fourth-order valence-electron chi connectivity index (χ4n) is 3.10. The Balaban J connectivity index is 2.73. The third kappa shape index (κ3) is 10.1. The van der Waals surface area contributed by atoms with E-state index >= 15 is 0 Å². The van der Waals surface area contributed by atoms with Crippen LogP contribution in [0.2, 0.25) is 0 Å². The van der Waals surface area contributed by atoms with E-state index in [1.807, 2.05) is 44.2 Å². The van der Waals surface area contributed by atoms with Gasteiger partial charge in [-0.05, 0) is 45.1 Å². The quantitative estimate of drug-likeness (QED) is 0.248. The first-order chi connectivity index (χ1) is 15.9. The van der Waals surface area contributed by atoms with Crippen LogP contribution in [0.1, 0.15) is 46.6 Å². The van der Waals surface area contributed by atoms with Gasteiger partial charge in [-0.3, -0.25) is 19.2 Å². The van der Waals surface area contributed by atoms with Crippen LogP contribution in [-0.2, 0) is 30.4 Å². The van der Waals surface area contributed by atoms with E-state index in [0.717, 1.165) is 5.56 Å². The Hall–Kier alpha value is -3.27. The highest BCUT2D eigenvalue weighted by molar-refractivity contribution is 5.94. The number of rotatable bonds is 13. The van der Waals surface area contributed by atoms with Crippen molar-refractivity contribution in [2.45, 2.75) is 77.7 Å². The summed E-state index contributed by atoms with van der Waals surface area (Å²) >= 11 is 0. The van der Waals surface area contributed by atoms with Gasteiger partial charge in [0.05, 0.1) is 12.1 Å². The minimum Gasteiger partial charge on any atom is -0.344 e. The number of nitrogens with two attached hydrogens (primary N) is 1. The minimum absolute atomic E-state index is 0.0689. The molecule has 6 N–H and O–H groups in total. The van der Waals surface area contributed by atoms with Gasteiger partial charge >= 0.3 is 0 Å². The lowest BCUT2D eigenvalue weighted by Gasteiger charge is -2.25. The molecule has 0 radical (unpaired) electrons. The van der Waals surface area contributed by atoms with E-state index < -0.39 is 53.8 Å². The second kappa shape index (κ2) is 14.1. The first-order valence-corrected chi connectivity index (χ1v) is 11.4. The molecule has 4 amide bonds. The molecule has 34 heavy (non-hydrogen) atoms. The summed E-state index contributed by atoms with van der Waals surface area (Å²) in [4.78, 5) is 61.1. The Labute approximate surface area is 200 Å². The molecular weight excluding hydrogens is 438 g/mol. The summed E-state index contributed by atoms with van der Waals surface area (Å²) in [7, 11) is 0. The molecule has 0 heterocycles. The van der Waals surface area contributed by atoms with E-state index in [-0.39, 0.29) is 5.92 Å². The Morgan fingerprint density at radius 3 is 1.82 bits per heavy atom. The molecule has 10 nitrogen and oxygen atoms in total. The van der Waals surface area contributed by atoms with Crippen LogP contribution in [0.4, 0.5) is 0 Å². The third-order valence-corrected chi connectivity index (χ3v) is 5.05. The number of amides is 4. The molecule has 1 rings (SSSR count). The summed E-state index contributed by atoms with van der Waals surface area (Å²) < 4.78 is 0. The number of aldehydes is 1. The van der Waals surface area contributed by atoms with Gasteiger partial charge < -0.3 is 31.8 Å². The summed E-state index contributed by atoms with van der Waals surface area (Å²) in [6, 6.07) is 4.98. The number of carbonyl (C=O) groups is 5. The number of hydrogen-bond acceptors (Lipinski definition) is 6. The highest BCUT2D eigenvalue weighted by Gasteiger charge is 2.28. The van der Waals surface area contributed by atoms with Crippen LogP contribution in [0.3, 0.4) is 0 Å². The molecule has 0 fully saturated rings. The van der Waals surface area contributed by atoms with Crippen molar-refractivity contribution in [3.8, 4) is 0 Å². The zero-order valence-electron chi connectivity index (χ0n) is 20.5. The molecule has 0 saturated carbocycles. The van der Waals surface area contributed by atoms with Crippen LogP contribution in [0.5, 0.6) is 0 Å². The predicted octanol–water partition coefficient (Wildman–Crippen LogP) is -0.200. The van der Waals surface area contributed by atoms with E-state index in [9.17, 15) is 24.0 Å². The van der Waals surface area contributed by atoms with Crippen molar-refractivity contribution in [2.75, 3.05) is 0 Å². The molecule has 10 heteroatoms. The first-order valence-electron chi connectivity index (χ1n) is 11.4. The SMILES string of the molecule is CC(C)C[C@H](NC(=O)[C@H](C)NC(=O)[C@H](C)N)C(=O)N[C@@H](C)C(=O)N[C@H](C=O)Cc1ccccc1. The van der Waals surface area contributed by atoms with Crippen molar-refractivity contribution in [1.29, 1.82) is 0 Å². The van der Waals surface area contributed by atoms with Gasteiger partial charge in [0.25, 0.3) is 0 Å². The lowest BCUT2D eigenvalue weighted by atomic mass is 10.0. The van der Waals surface area contributed by atoms with Gasteiger partial charge in [-0.2, -0.15) is 0 Å². The Morgan fingerprint density at radius 2 is 1.32 bits per heavy atom. The van der Waals surface area contributed by atoms with Gasteiger partial charge in [-0.25, -0.2) is 0 Å². The number of hydrogen-bond donors (Lipinski definition) is 5. The minimum atomic E-state index is -0.937. The molecule has 188 valence electrons. The highest BCUT2D eigenvalue weighted by Crippen LogP contribution is 2.07. The fourth-order valence-corrected chi connectivity index (χ4v) is 3.10. The van der Waals surface area contributed by atoms with Crippen molar-refractivity contribution in [3.05, 3.63) is 35.9 Å². The van der Waals surface area contributed by atoms with E-state index in [1.54, 1.807) is 0 Å². The van der Waals surface area contributed by atoms with Crippen molar-refractivity contribution in [2.24, 2.45) is 11.7 Å². The van der Waals surface area contributed by atoms with Gasteiger partial charge in [-0.1, -0.05) is 44.2 Å². The third-order valence-electron chi connectivity index (χ3n) is 5.05. The van der Waals surface area contributed by atoms with E-state index in [1.165, 1.54) is 20.8 Å². The Kier molecular flexibility index (Phi) is 11.9. The largest absolute Gasteiger partial charge is 0.344 e.